The van der Waals surface area contributed by atoms with Crippen LogP contribution in [0.1, 0.15) is 57.9 Å². The number of aliphatic imine (C=N–C) groups is 1. The van der Waals surface area contributed by atoms with Crippen LogP contribution < -0.4 is 48.3 Å². The number of nitrogens with one attached hydrogen (secondary N) is 7. The summed E-state index contributed by atoms with van der Waals surface area (Å²) in [5.41, 5.74) is 10.5. The van der Waals surface area contributed by atoms with Crippen LogP contribution in [-0.4, -0.2) is 147 Å². The summed E-state index contributed by atoms with van der Waals surface area (Å²) in [6.07, 6.45) is 4.00. The van der Waals surface area contributed by atoms with Crippen molar-refractivity contribution in [2.24, 2.45) is 22.4 Å². The van der Waals surface area contributed by atoms with Crippen LogP contribution >= 0.6 is 11.8 Å². The number of carbonyl (C=O) groups excluding carboxylic acids is 6. The quantitative estimate of drug-likeness (QED) is 0.0146. The number of aliphatic hydroxyl groups is 1. The Kier molecular flexibility index (Phi) is 21.3. The number of thioether (sulfide) groups is 1. The molecule has 4 rings (SSSR count). The molecule has 2 heterocycles. The van der Waals surface area contributed by atoms with Gasteiger partial charge < -0.3 is 63.5 Å². The van der Waals surface area contributed by atoms with Gasteiger partial charge >= 0.3 is 5.97 Å². The number of amides is 6. The van der Waals surface area contributed by atoms with Crippen LogP contribution in [0, 0.1) is 26.1 Å². The van der Waals surface area contributed by atoms with Gasteiger partial charge in [-0.1, -0.05) is 32.0 Å². The van der Waals surface area contributed by atoms with E-state index in [1.807, 2.05) is 0 Å². The van der Waals surface area contributed by atoms with Crippen LogP contribution in [0.4, 0.5) is 17.1 Å². The van der Waals surface area contributed by atoms with Gasteiger partial charge in [-0.15, -0.1) is 0 Å². The number of aromatic nitrogens is 1. The number of carbonyl (C=O) groups is 7. The van der Waals surface area contributed by atoms with Gasteiger partial charge in [-0.2, -0.15) is 11.8 Å². The molecule has 3 aromatic rings. The smallest absolute Gasteiger partial charge is 0.326 e. The Labute approximate surface area is 411 Å². The molecule has 71 heavy (non-hydrogen) atoms. The van der Waals surface area contributed by atoms with E-state index in [2.05, 4.69) is 41.9 Å². The first-order chi connectivity index (χ1) is 33.7. The van der Waals surface area contributed by atoms with Crippen LogP contribution in [0.15, 0.2) is 53.7 Å². The Morgan fingerprint density at radius 1 is 0.845 bits per heavy atom. The molecule has 0 aliphatic carbocycles. The third-order valence-corrected chi connectivity index (χ3v) is 12.0. The Morgan fingerprint density at radius 2 is 1.48 bits per heavy atom. The lowest BCUT2D eigenvalue weighted by Gasteiger charge is -2.28. The van der Waals surface area contributed by atoms with Crippen molar-refractivity contribution < 1.29 is 53.6 Å². The van der Waals surface area contributed by atoms with Gasteiger partial charge in [-0.25, -0.2) is 4.79 Å². The third kappa shape index (κ3) is 16.3. The molecule has 386 valence electrons. The second-order valence-corrected chi connectivity index (χ2v) is 18.0. The van der Waals surface area contributed by atoms with Crippen LogP contribution in [0.2, 0.25) is 0 Å². The standard InChI is InChI=1S/C44H61N13O13S/c1-24(2)19-30(53-42(64)35-14-8-17-55(35)37-33(56(67)68)12-6-13-34(37)57(69)70)38(60)49-22-36(59)50-28(15-18-71-3)39(61)52-31(20-25-21-48-27-10-5-4-9-26(25)27)40(62)54-32(23-58)41(63)51-29(43(65)66)11-7-16-47-44(45)46/h4-6,9-10,12-13,21,24,28-32,35,48,58H,7-8,11,14-20,22-23H2,1-3H3,(H,49,60)(H,50,59)(H,51,63)(H,52,61)(H,53,64)(H,54,62)(H,65,66)(H4,45,46,47)/t28-,29-,30-,31+,32-,35-/m0/s1. The van der Waals surface area contributed by atoms with E-state index in [0.29, 0.717) is 28.6 Å². The molecular formula is C44H61N13O13S. The van der Waals surface area contributed by atoms with Gasteiger partial charge in [0.05, 0.1) is 23.0 Å². The highest BCUT2D eigenvalue weighted by Crippen LogP contribution is 2.41. The van der Waals surface area contributed by atoms with Crippen LogP contribution in [0.3, 0.4) is 0 Å². The Bertz CT molecular complexity index is 2420. The number of para-hydroxylation sites is 2. The maximum absolute atomic E-state index is 14.1. The summed E-state index contributed by atoms with van der Waals surface area (Å²) in [7, 11) is 0. The van der Waals surface area contributed by atoms with Crippen LogP contribution in [-0.2, 0) is 40.0 Å². The number of rotatable bonds is 28. The number of fused-ring (bicyclic) bond motifs is 1. The number of nitro groups is 2. The summed E-state index contributed by atoms with van der Waals surface area (Å²) in [5.74, 6) is -6.49. The van der Waals surface area contributed by atoms with Gasteiger partial charge in [0, 0.05) is 48.7 Å². The first-order valence-corrected chi connectivity index (χ1v) is 24.0. The zero-order chi connectivity index (χ0) is 52.4. The van der Waals surface area contributed by atoms with Gasteiger partial charge in [0.25, 0.3) is 11.4 Å². The van der Waals surface area contributed by atoms with Crippen LogP contribution in [0.5, 0.6) is 0 Å². The second kappa shape index (κ2) is 27.0. The molecule has 6 atom stereocenters. The summed E-state index contributed by atoms with van der Waals surface area (Å²) in [6.45, 7) is 2.12. The molecule has 0 spiro atoms. The fourth-order valence-corrected chi connectivity index (χ4v) is 8.40. The average molecular weight is 1010 g/mol. The molecule has 6 amide bonds. The molecule has 0 unspecified atom stereocenters. The Balaban J connectivity index is 1.48. The van der Waals surface area contributed by atoms with E-state index in [1.165, 1.54) is 22.7 Å². The first kappa shape index (κ1) is 56.0. The van der Waals surface area contributed by atoms with E-state index in [0.717, 1.165) is 12.1 Å². The highest BCUT2D eigenvalue weighted by molar-refractivity contribution is 7.98. The lowest BCUT2D eigenvalue weighted by atomic mass is 10.0. The lowest BCUT2D eigenvalue weighted by molar-refractivity contribution is -0.392. The predicted molar refractivity (Wildman–Crippen MR) is 262 cm³/mol. The van der Waals surface area contributed by atoms with Gasteiger partial charge in [-0.05, 0) is 74.1 Å². The number of carboxylic acids is 1. The summed E-state index contributed by atoms with van der Waals surface area (Å²) in [4.78, 5) is 125. The minimum Gasteiger partial charge on any atom is -0.480 e. The average Bonchev–Trinajstić information content (AvgIpc) is 3.98. The van der Waals surface area contributed by atoms with Crippen molar-refractivity contribution in [3.05, 3.63) is 74.5 Å². The van der Waals surface area contributed by atoms with E-state index < -0.39 is 112 Å². The number of benzene rings is 2. The zero-order valence-electron chi connectivity index (χ0n) is 39.4. The highest BCUT2D eigenvalue weighted by Gasteiger charge is 2.40. The van der Waals surface area contributed by atoms with Crippen LogP contribution in [0.25, 0.3) is 10.9 Å². The van der Waals surface area contributed by atoms with Crippen molar-refractivity contribution >= 4 is 87.1 Å². The molecule has 2 aromatic carbocycles. The minimum atomic E-state index is -1.66. The number of hydrogen-bond acceptors (Lipinski definition) is 15. The fourth-order valence-electron chi connectivity index (χ4n) is 7.93. The number of nitrogens with two attached hydrogens (primary N) is 2. The van der Waals surface area contributed by atoms with E-state index in [1.54, 1.807) is 50.6 Å². The number of nitrogens with zero attached hydrogens (tertiary/aromatic N) is 4. The van der Waals surface area contributed by atoms with Crippen molar-refractivity contribution in [3.8, 4) is 0 Å². The zero-order valence-corrected chi connectivity index (χ0v) is 40.2. The van der Waals surface area contributed by atoms with Crippen molar-refractivity contribution in [2.45, 2.75) is 95.0 Å². The summed E-state index contributed by atoms with van der Waals surface area (Å²) in [5, 5.41) is 59.5. The number of carboxylic acid groups (broad SMARTS) is 1. The fraction of sp³-hybridized carbons (Fsp3) is 0.500. The molecular weight excluding hydrogens is 951 g/mol. The van der Waals surface area contributed by atoms with Crippen molar-refractivity contribution in [3.63, 3.8) is 0 Å². The predicted octanol–water partition coefficient (Wildman–Crippen LogP) is -0.334. The maximum atomic E-state index is 14.1. The molecule has 0 radical (unpaired) electrons. The number of nitro benzene ring substituents is 2. The summed E-state index contributed by atoms with van der Waals surface area (Å²) < 4.78 is 0. The number of aromatic amines is 1. The molecule has 13 N–H and O–H groups in total. The largest absolute Gasteiger partial charge is 0.480 e. The Hall–Kier alpha value is -7.55. The monoisotopic (exact) mass is 1010 g/mol. The van der Waals surface area contributed by atoms with Crippen molar-refractivity contribution in [1.82, 2.24) is 36.9 Å². The molecule has 0 bridgehead atoms. The molecule has 1 aromatic heterocycles. The first-order valence-electron chi connectivity index (χ1n) is 22.7. The van der Waals surface area contributed by atoms with Gasteiger partial charge in [0.15, 0.2) is 11.6 Å². The van der Waals surface area contributed by atoms with E-state index in [9.17, 15) is 64.0 Å². The SMILES string of the molecule is CSCC[C@H](NC(=O)CNC(=O)[C@H](CC(C)C)NC(=O)[C@@H]1CCCN1c1c([N+](=O)[O-])cccc1[N+](=O)[O-])C(=O)N[C@H](Cc1c[nH]c2ccccc12)C(=O)N[C@@H](CO)C(=O)N[C@@H](CCCN=C(N)N)C(=O)O. The molecule has 27 heteroatoms. The van der Waals surface area contributed by atoms with E-state index in [-0.39, 0.29) is 69.2 Å². The second-order valence-electron chi connectivity index (χ2n) is 17.0. The number of guanidine groups is 1. The molecule has 1 aliphatic rings. The number of hydrogen-bond donors (Lipinski definition) is 11. The van der Waals surface area contributed by atoms with E-state index in [4.69, 9.17) is 11.5 Å². The number of aliphatic hydroxyl groups excluding tert-OH is 1. The lowest BCUT2D eigenvalue weighted by Crippen LogP contribution is -2.59. The van der Waals surface area contributed by atoms with Gasteiger partial charge in [-0.3, -0.25) is 54.0 Å². The topological polar surface area (TPSA) is 402 Å². The molecule has 26 nitrogen and oxygen atoms in total. The molecule has 1 saturated heterocycles. The molecule has 1 aliphatic heterocycles. The molecule has 0 saturated carbocycles. The highest BCUT2D eigenvalue weighted by atomic mass is 32.2. The number of aliphatic carboxylic acids is 1. The van der Waals surface area contributed by atoms with Crippen molar-refractivity contribution in [1.29, 1.82) is 0 Å². The number of anilines is 1. The van der Waals surface area contributed by atoms with Gasteiger partial charge in [0.2, 0.25) is 35.4 Å². The minimum absolute atomic E-state index is 0.0528. The number of H-pyrrole nitrogens is 1. The van der Waals surface area contributed by atoms with E-state index >= 15 is 0 Å². The maximum Gasteiger partial charge on any atom is 0.326 e. The third-order valence-electron chi connectivity index (χ3n) is 11.4. The normalized spacial score (nSPS) is 15.3. The summed E-state index contributed by atoms with van der Waals surface area (Å²) in [6, 6.07) is 2.40. The molecule has 1 fully saturated rings. The summed E-state index contributed by atoms with van der Waals surface area (Å²) >= 11 is 1.35. The van der Waals surface area contributed by atoms with Crippen molar-refractivity contribution in [2.75, 3.05) is 43.1 Å². The van der Waals surface area contributed by atoms with Gasteiger partial charge in [0.1, 0.15) is 36.3 Å². The Morgan fingerprint density at radius 3 is 2.10 bits per heavy atom.